The Balaban J connectivity index is 2.22. The Hall–Kier alpha value is -2.64. The summed E-state index contributed by atoms with van der Waals surface area (Å²) in [5.74, 6) is -0.276. The predicted molar refractivity (Wildman–Crippen MR) is 91.0 cm³/mol. The summed E-state index contributed by atoms with van der Waals surface area (Å²) in [7, 11) is 1.75. The number of amides is 2. The van der Waals surface area contributed by atoms with Gasteiger partial charge in [0.1, 0.15) is 0 Å². The molecular weight excluding hydrogens is 308 g/mol. The summed E-state index contributed by atoms with van der Waals surface area (Å²) in [5, 5.41) is 14.0. The summed E-state index contributed by atoms with van der Waals surface area (Å²) in [6.45, 7) is 8.86. The SMILES string of the molecule is CCn1cc(NC(=O)c2cn(C)nc2C)c(C(=O)NCC(C)C)n1. The van der Waals surface area contributed by atoms with Crippen molar-refractivity contribution in [2.45, 2.75) is 34.2 Å². The molecule has 0 fully saturated rings. The van der Waals surface area contributed by atoms with E-state index in [1.54, 1.807) is 35.7 Å². The minimum atomic E-state index is -0.311. The summed E-state index contributed by atoms with van der Waals surface area (Å²) < 4.78 is 3.20. The average molecular weight is 332 g/mol. The second-order valence-electron chi connectivity index (χ2n) is 6.11. The Labute approximate surface area is 141 Å². The number of nitrogens with zero attached hydrogens (tertiary/aromatic N) is 4. The van der Waals surface area contributed by atoms with Gasteiger partial charge in [0.25, 0.3) is 11.8 Å². The molecule has 2 rings (SSSR count). The van der Waals surface area contributed by atoms with Crippen molar-refractivity contribution in [2.24, 2.45) is 13.0 Å². The predicted octanol–water partition coefficient (Wildman–Crippen LogP) is 1.58. The van der Waals surface area contributed by atoms with Gasteiger partial charge in [0.05, 0.1) is 16.9 Å². The number of anilines is 1. The van der Waals surface area contributed by atoms with Crippen molar-refractivity contribution in [3.8, 4) is 0 Å². The molecule has 0 aliphatic carbocycles. The molecular formula is C16H24N6O2. The molecule has 0 unspecified atom stereocenters. The second kappa shape index (κ2) is 7.29. The molecule has 8 nitrogen and oxygen atoms in total. The van der Waals surface area contributed by atoms with Gasteiger partial charge in [0, 0.05) is 32.5 Å². The first-order valence-corrected chi connectivity index (χ1v) is 7.99. The van der Waals surface area contributed by atoms with Crippen LogP contribution in [0, 0.1) is 12.8 Å². The van der Waals surface area contributed by atoms with E-state index in [0.717, 1.165) is 0 Å². The van der Waals surface area contributed by atoms with Crippen molar-refractivity contribution in [1.82, 2.24) is 24.9 Å². The normalized spacial score (nSPS) is 10.9. The van der Waals surface area contributed by atoms with Crippen LogP contribution in [0.2, 0.25) is 0 Å². The quantitative estimate of drug-likeness (QED) is 0.840. The molecule has 24 heavy (non-hydrogen) atoms. The lowest BCUT2D eigenvalue weighted by Crippen LogP contribution is -2.28. The van der Waals surface area contributed by atoms with Crippen LogP contribution in [0.1, 0.15) is 47.3 Å². The zero-order chi connectivity index (χ0) is 17.9. The van der Waals surface area contributed by atoms with Gasteiger partial charge >= 0.3 is 0 Å². The lowest BCUT2D eigenvalue weighted by atomic mass is 10.2. The van der Waals surface area contributed by atoms with Crippen LogP contribution in [0.4, 0.5) is 5.69 Å². The maximum Gasteiger partial charge on any atom is 0.273 e. The molecule has 0 aromatic carbocycles. The number of hydrogen-bond donors (Lipinski definition) is 2. The zero-order valence-electron chi connectivity index (χ0n) is 14.8. The van der Waals surface area contributed by atoms with E-state index >= 15 is 0 Å². The monoisotopic (exact) mass is 332 g/mol. The van der Waals surface area contributed by atoms with Gasteiger partial charge in [-0.1, -0.05) is 13.8 Å². The van der Waals surface area contributed by atoms with E-state index in [1.165, 1.54) is 0 Å². The van der Waals surface area contributed by atoms with Gasteiger partial charge in [-0.3, -0.25) is 19.0 Å². The van der Waals surface area contributed by atoms with Crippen LogP contribution < -0.4 is 10.6 Å². The Bertz CT molecular complexity index is 744. The number of carbonyl (C=O) groups is 2. The van der Waals surface area contributed by atoms with Gasteiger partial charge in [0.15, 0.2) is 5.69 Å². The van der Waals surface area contributed by atoms with Gasteiger partial charge in [-0.25, -0.2) is 0 Å². The van der Waals surface area contributed by atoms with Gasteiger partial charge in [-0.2, -0.15) is 10.2 Å². The number of aromatic nitrogens is 4. The lowest BCUT2D eigenvalue weighted by molar-refractivity contribution is 0.0944. The number of nitrogens with one attached hydrogen (secondary N) is 2. The molecule has 2 heterocycles. The fraction of sp³-hybridized carbons (Fsp3) is 0.500. The highest BCUT2D eigenvalue weighted by Crippen LogP contribution is 2.16. The van der Waals surface area contributed by atoms with Gasteiger partial charge in [-0.05, 0) is 19.8 Å². The van der Waals surface area contributed by atoms with Gasteiger partial charge in [-0.15, -0.1) is 0 Å². The standard InChI is InChI=1S/C16H24N6O2/c1-6-22-9-13(14(20-22)16(24)17-7-10(2)3)18-15(23)12-8-21(5)19-11(12)4/h8-10H,6-7H2,1-5H3,(H,17,24)(H,18,23). The van der Waals surface area contributed by atoms with Crippen LogP contribution in [0.25, 0.3) is 0 Å². The van der Waals surface area contributed by atoms with Crippen LogP contribution in [-0.4, -0.2) is 37.9 Å². The van der Waals surface area contributed by atoms with Crippen LogP contribution in [-0.2, 0) is 13.6 Å². The molecule has 0 bridgehead atoms. The van der Waals surface area contributed by atoms with Crippen LogP contribution in [0.15, 0.2) is 12.4 Å². The first-order valence-electron chi connectivity index (χ1n) is 7.99. The third kappa shape index (κ3) is 4.01. The maximum atomic E-state index is 12.5. The maximum absolute atomic E-state index is 12.5. The van der Waals surface area contributed by atoms with Gasteiger partial charge < -0.3 is 10.6 Å². The number of carbonyl (C=O) groups excluding carboxylic acids is 2. The summed E-state index contributed by atoms with van der Waals surface area (Å²) in [6, 6.07) is 0. The molecule has 0 radical (unpaired) electrons. The summed E-state index contributed by atoms with van der Waals surface area (Å²) >= 11 is 0. The molecule has 0 aliphatic rings. The summed E-state index contributed by atoms with van der Waals surface area (Å²) in [6.07, 6.45) is 3.31. The lowest BCUT2D eigenvalue weighted by Gasteiger charge is -2.08. The van der Waals surface area contributed by atoms with E-state index in [9.17, 15) is 9.59 Å². The molecule has 0 spiro atoms. The van der Waals surface area contributed by atoms with E-state index in [1.807, 2.05) is 20.8 Å². The number of hydrogen-bond acceptors (Lipinski definition) is 4. The van der Waals surface area contributed by atoms with Crippen molar-refractivity contribution in [2.75, 3.05) is 11.9 Å². The first kappa shape index (κ1) is 17.7. The minimum absolute atomic E-state index is 0.215. The van der Waals surface area contributed by atoms with Crippen LogP contribution >= 0.6 is 0 Å². The second-order valence-corrected chi connectivity index (χ2v) is 6.11. The Kier molecular flexibility index (Phi) is 5.38. The first-order chi connectivity index (χ1) is 11.3. The fourth-order valence-electron chi connectivity index (χ4n) is 2.24. The third-order valence-electron chi connectivity index (χ3n) is 3.48. The largest absolute Gasteiger partial charge is 0.350 e. The Morgan fingerprint density at radius 1 is 1.21 bits per heavy atom. The number of aryl methyl sites for hydroxylation is 3. The van der Waals surface area contributed by atoms with Crippen molar-refractivity contribution >= 4 is 17.5 Å². The molecule has 0 saturated carbocycles. The van der Waals surface area contributed by atoms with E-state index in [0.29, 0.717) is 36.0 Å². The zero-order valence-corrected chi connectivity index (χ0v) is 14.8. The minimum Gasteiger partial charge on any atom is -0.350 e. The molecule has 2 aromatic rings. The van der Waals surface area contributed by atoms with Crippen LogP contribution in [0.3, 0.4) is 0 Å². The highest BCUT2D eigenvalue weighted by molar-refractivity contribution is 6.08. The Morgan fingerprint density at radius 3 is 2.46 bits per heavy atom. The highest BCUT2D eigenvalue weighted by Gasteiger charge is 2.20. The molecule has 8 heteroatoms. The average Bonchev–Trinajstić information content (AvgIpc) is 3.07. The van der Waals surface area contributed by atoms with Crippen LogP contribution in [0.5, 0.6) is 0 Å². The van der Waals surface area contributed by atoms with Crippen molar-refractivity contribution in [3.63, 3.8) is 0 Å². The molecule has 0 saturated heterocycles. The molecule has 2 amide bonds. The summed E-state index contributed by atoms with van der Waals surface area (Å²) in [5.41, 5.74) is 1.71. The van der Waals surface area contributed by atoms with Crippen molar-refractivity contribution < 1.29 is 9.59 Å². The molecule has 130 valence electrons. The Morgan fingerprint density at radius 2 is 1.92 bits per heavy atom. The number of rotatable bonds is 6. The van der Waals surface area contributed by atoms with Gasteiger partial charge in [0.2, 0.25) is 0 Å². The van der Waals surface area contributed by atoms with E-state index in [2.05, 4.69) is 20.8 Å². The third-order valence-corrected chi connectivity index (χ3v) is 3.48. The molecule has 0 atom stereocenters. The molecule has 2 N–H and O–H groups in total. The molecule has 0 aliphatic heterocycles. The van der Waals surface area contributed by atoms with E-state index in [4.69, 9.17) is 0 Å². The summed E-state index contributed by atoms with van der Waals surface area (Å²) in [4.78, 5) is 24.8. The fourth-order valence-corrected chi connectivity index (χ4v) is 2.24. The highest BCUT2D eigenvalue weighted by atomic mass is 16.2. The smallest absolute Gasteiger partial charge is 0.273 e. The van der Waals surface area contributed by atoms with Crippen molar-refractivity contribution in [1.29, 1.82) is 0 Å². The topological polar surface area (TPSA) is 93.8 Å². The van der Waals surface area contributed by atoms with E-state index < -0.39 is 0 Å². The van der Waals surface area contributed by atoms with E-state index in [-0.39, 0.29) is 17.5 Å². The molecule has 2 aromatic heterocycles. The van der Waals surface area contributed by atoms with Crippen molar-refractivity contribution in [3.05, 3.63) is 29.3 Å².